The fraction of sp³-hybridized carbons (Fsp3) is 0. The van der Waals surface area contributed by atoms with Gasteiger partial charge in [-0.2, -0.15) is 0 Å². The van der Waals surface area contributed by atoms with Gasteiger partial charge in [0, 0.05) is 5.56 Å². The van der Waals surface area contributed by atoms with Crippen LogP contribution in [0.1, 0.15) is 0 Å². The molecular formula is C13H9FN4. The lowest BCUT2D eigenvalue weighted by molar-refractivity contribution is 0.628. The molecular weight excluding hydrogens is 231 g/mol. The maximum atomic E-state index is 12.9. The van der Waals surface area contributed by atoms with E-state index >= 15 is 0 Å². The SMILES string of the molecule is Nc1ncnc2ccc(-c3ccc(F)cc3)nc12. The first kappa shape index (κ1) is 10.6. The zero-order valence-electron chi connectivity index (χ0n) is 9.34. The number of aromatic nitrogens is 3. The van der Waals surface area contributed by atoms with Crippen LogP contribution in [0.15, 0.2) is 42.7 Å². The van der Waals surface area contributed by atoms with Crippen molar-refractivity contribution < 1.29 is 4.39 Å². The second kappa shape index (κ2) is 4.03. The van der Waals surface area contributed by atoms with Gasteiger partial charge in [0.1, 0.15) is 17.7 Å². The third-order valence-electron chi connectivity index (χ3n) is 2.65. The van der Waals surface area contributed by atoms with Crippen molar-refractivity contribution in [2.24, 2.45) is 0 Å². The first-order valence-electron chi connectivity index (χ1n) is 5.37. The summed E-state index contributed by atoms with van der Waals surface area (Å²) < 4.78 is 12.9. The summed E-state index contributed by atoms with van der Waals surface area (Å²) in [4.78, 5) is 12.4. The third kappa shape index (κ3) is 1.75. The van der Waals surface area contributed by atoms with Gasteiger partial charge >= 0.3 is 0 Å². The molecule has 3 rings (SSSR count). The van der Waals surface area contributed by atoms with Crippen LogP contribution in [0.5, 0.6) is 0 Å². The largest absolute Gasteiger partial charge is 0.382 e. The molecule has 4 nitrogen and oxygen atoms in total. The van der Waals surface area contributed by atoms with E-state index in [1.54, 1.807) is 12.1 Å². The fourth-order valence-electron chi connectivity index (χ4n) is 1.74. The number of rotatable bonds is 1. The molecule has 18 heavy (non-hydrogen) atoms. The molecule has 0 saturated heterocycles. The molecule has 0 aliphatic rings. The molecule has 0 saturated carbocycles. The second-order valence-corrected chi connectivity index (χ2v) is 3.83. The molecule has 0 unspecified atom stereocenters. The molecule has 0 amide bonds. The van der Waals surface area contributed by atoms with Crippen LogP contribution in [0.2, 0.25) is 0 Å². The second-order valence-electron chi connectivity index (χ2n) is 3.83. The van der Waals surface area contributed by atoms with Gasteiger partial charge in [-0.3, -0.25) is 0 Å². The lowest BCUT2D eigenvalue weighted by atomic mass is 10.1. The highest BCUT2D eigenvalue weighted by Gasteiger charge is 2.05. The monoisotopic (exact) mass is 240 g/mol. The minimum absolute atomic E-state index is 0.276. The van der Waals surface area contributed by atoms with Gasteiger partial charge in [0.2, 0.25) is 0 Å². The standard InChI is InChI=1S/C13H9FN4/c14-9-3-1-8(2-4-9)10-5-6-11-12(18-10)13(15)17-7-16-11/h1-7H,(H2,15,16,17). The van der Waals surface area contributed by atoms with Gasteiger partial charge in [0.05, 0.1) is 11.2 Å². The molecule has 2 aromatic heterocycles. The topological polar surface area (TPSA) is 64.7 Å². The highest BCUT2D eigenvalue weighted by Crippen LogP contribution is 2.22. The van der Waals surface area contributed by atoms with Crippen LogP contribution >= 0.6 is 0 Å². The van der Waals surface area contributed by atoms with Crippen molar-refractivity contribution in [3.8, 4) is 11.3 Å². The van der Waals surface area contributed by atoms with E-state index in [0.29, 0.717) is 22.5 Å². The van der Waals surface area contributed by atoms with Crippen LogP contribution in [0, 0.1) is 5.82 Å². The van der Waals surface area contributed by atoms with E-state index in [1.165, 1.54) is 18.5 Å². The first-order chi connectivity index (χ1) is 8.74. The van der Waals surface area contributed by atoms with Crippen molar-refractivity contribution in [2.45, 2.75) is 0 Å². The minimum atomic E-state index is -0.276. The Morgan fingerprint density at radius 3 is 2.50 bits per heavy atom. The van der Waals surface area contributed by atoms with Crippen LogP contribution in [0.25, 0.3) is 22.3 Å². The number of halogens is 1. The third-order valence-corrected chi connectivity index (χ3v) is 2.65. The molecule has 0 fully saturated rings. The van der Waals surface area contributed by atoms with Gasteiger partial charge < -0.3 is 5.73 Å². The molecule has 0 bridgehead atoms. The molecule has 0 atom stereocenters. The molecule has 0 radical (unpaired) electrons. The van der Waals surface area contributed by atoms with Crippen molar-refractivity contribution in [3.05, 3.63) is 48.5 Å². The molecule has 0 spiro atoms. The Bertz CT molecular complexity index is 710. The summed E-state index contributed by atoms with van der Waals surface area (Å²) in [7, 11) is 0. The summed E-state index contributed by atoms with van der Waals surface area (Å²) in [6.45, 7) is 0. The van der Waals surface area contributed by atoms with E-state index in [2.05, 4.69) is 15.0 Å². The number of nitrogens with two attached hydrogens (primary N) is 1. The molecule has 0 aliphatic heterocycles. The van der Waals surface area contributed by atoms with Crippen molar-refractivity contribution in [2.75, 3.05) is 5.73 Å². The predicted molar refractivity (Wildman–Crippen MR) is 67.1 cm³/mol. The number of anilines is 1. The number of fused-ring (bicyclic) bond motifs is 1. The fourth-order valence-corrected chi connectivity index (χ4v) is 1.74. The highest BCUT2D eigenvalue weighted by molar-refractivity contribution is 5.85. The van der Waals surface area contributed by atoms with Crippen LogP contribution in [0.3, 0.4) is 0 Å². The average molecular weight is 240 g/mol. The summed E-state index contributed by atoms with van der Waals surface area (Å²) in [5, 5.41) is 0. The summed E-state index contributed by atoms with van der Waals surface area (Å²) in [6.07, 6.45) is 1.40. The van der Waals surface area contributed by atoms with Gasteiger partial charge in [0.15, 0.2) is 5.82 Å². The van der Waals surface area contributed by atoms with Crippen molar-refractivity contribution in [3.63, 3.8) is 0 Å². The van der Waals surface area contributed by atoms with Crippen LogP contribution < -0.4 is 5.73 Å². The van der Waals surface area contributed by atoms with E-state index < -0.39 is 0 Å². The Morgan fingerprint density at radius 2 is 1.72 bits per heavy atom. The molecule has 5 heteroatoms. The van der Waals surface area contributed by atoms with Gasteiger partial charge in [0.25, 0.3) is 0 Å². The average Bonchev–Trinajstić information content (AvgIpc) is 2.40. The highest BCUT2D eigenvalue weighted by atomic mass is 19.1. The lowest BCUT2D eigenvalue weighted by Gasteiger charge is -2.04. The maximum absolute atomic E-state index is 12.9. The molecule has 3 aromatic rings. The Balaban J connectivity index is 2.18. The molecule has 1 aromatic carbocycles. The van der Waals surface area contributed by atoms with E-state index in [9.17, 15) is 4.39 Å². The normalized spacial score (nSPS) is 10.7. The number of benzene rings is 1. The zero-order valence-corrected chi connectivity index (χ0v) is 9.34. The molecule has 88 valence electrons. The number of hydrogen-bond donors (Lipinski definition) is 1. The van der Waals surface area contributed by atoms with Gasteiger partial charge in [-0.25, -0.2) is 19.3 Å². The summed E-state index contributed by atoms with van der Waals surface area (Å²) in [6, 6.07) is 9.77. The predicted octanol–water partition coefficient (Wildman–Crippen LogP) is 2.41. The molecule has 2 N–H and O–H groups in total. The number of nitrogen functional groups attached to an aromatic ring is 1. The van der Waals surface area contributed by atoms with Gasteiger partial charge in [-0.1, -0.05) is 0 Å². The van der Waals surface area contributed by atoms with E-state index in [4.69, 9.17) is 5.73 Å². The van der Waals surface area contributed by atoms with Crippen molar-refractivity contribution in [1.82, 2.24) is 15.0 Å². The molecule has 0 aliphatic carbocycles. The first-order valence-corrected chi connectivity index (χ1v) is 5.37. The summed E-state index contributed by atoms with van der Waals surface area (Å²) in [5.74, 6) is 0.0614. The van der Waals surface area contributed by atoms with Crippen molar-refractivity contribution >= 4 is 16.9 Å². The van der Waals surface area contributed by atoms with Crippen LogP contribution in [-0.2, 0) is 0 Å². The van der Waals surface area contributed by atoms with Gasteiger partial charge in [-0.15, -0.1) is 0 Å². The molecule has 2 heterocycles. The van der Waals surface area contributed by atoms with E-state index in [1.807, 2.05) is 12.1 Å². The number of pyridine rings is 1. The Kier molecular flexibility index (Phi) is 2.37. The smallest absolute Gasteiger partial charge is 0.153 e. The number of hydrogen-bond acceptors (Lipinski definition) is 4. The number of nitrogens with zero attached hydrogens (tertiary/aromatic N) is 3. The quantitative estimate of drug-likeness (QED) is 0.709. The minimum Gasteiger partial charge on any atom is -0.382 e. The Morgan fingerprint density at radius 1 is 0.944 bits per heavy atom. The van der Waals surface area contributed by atoms with Gasteiger partial charge in [-0.05, 0) is 36.4 Å². The van der Waals surface area contributed by atoms with Crippen LogP contribution in [-0.4, -0.2) is 15.0 Å². The van der Waals surface area contributed by atoms with E-state index in [-0.39, 0.29) is 5.82 Å². The maximum Gasteiger partial charge on any atom is 0.153 e. The lowest BCUT2D eigenvalue weighted by Crippen LogP contribution is -1.96. The summed E-state index contributed by atoms with van der Waals surface area (Å²) in [5.41, 5.74) is 8.53. The Hall–Kier alpha value is -2.56. The zero-order chi connectivity index (χ0) is 12.5. The van der Waals surface area contributed by atoms with E-state index in [0.717, 1.165) is 5.56 Å². The Labute approximate surface area is 102 Å². The van der Waals surface area contributed by atoms with Crippen LogP contribution in [0.4, 0.5) is 10.2 Å². The summed E-state index contributed by atoms with van der Waals surface area (Å²) >= 11 is 0. The van der Waals surface area contributed by atoms with Crippen molar-refractivity contribution in [1.29, 1.82) is 0 Å².